The summed E-state index contributed by atoms with van der Waals surface area (Å²) >= 11 is 0. The number of methoxy groups -OCH3 is 1. The van der Waals surface area contributed by atoms with Crippen molar-refractivity contribution in [1.82, 2.24) is 0 Å². The fourth-order valence-electron chi connectivity index (χ4n) is 3.24. The van der Waals surface area contributed by atoms with Gasteiger partial charge in [-0.1, -0.05) is 18.2 Å². The van der Waals surface area contributed by atoms with Gasteiger partial charge in [0.25, 0.3) is 5.91 Å². The van der Waals surface area contributed by atoms with Crippen LogP contribution in [0.3, 0.4) is 0 Å². The molecule has 6 heteroatoms. The monoisotopic (exact) mass is 381 g/mol. The van der Waals surface area contributed by atoms with Gasteiger partial charge in [0, 0.05) is 28.8 Å². The van der Waals surface area contributed by atoms with Crippen molar-refractivity contribution in [1.29, 1.82) is 0 Å². The van der Waals surface area contributed by atoms with Crippen LogP contribution in [0.25, 0.3) is 11.0 Å². The Labute approximate surface area is 163 Å². The van der Waals surface area contributed by atoms with Crippen molar-refractivity contribution in [3.8, 4) is 5.75 Å². The number of hydrogen-bond donors (Lipinski definition) is 2. The number of fused-ring (bicyclic) bond motifs is 1. The predicted octanol–water partition coefficient (Wildman–Crippen LogP) is 2.07. The zero-order chi connectivity index (χ0) is 20.3. The van der Waals surface area contributed by atoms with Crippen LogP contribution in [0, 0.1) is 13.8 Å². The number of hydrogen-bond acceptors (Lipinski definition) is 4. The Bertz CT molecular complexity index is 1070. The Morgan fingerprint density at radius 3 is 2.71 bits per heavy atom. The molecule has 0 saturated carbocycles. The molecule has 1 aromatic heterocycles. The van der Waals surface area contributed by atoms with Crippen LogP contribution in [0.4, 0.5) is 5.69 Å². The summed E-state index contributed by atoms with van der Waals surface area (Å²) in [4.78, 5) is 25.4. The minimum atomic E-state index is -0.371. The molecule has 28 heavy (non-hydrogen) atoms. The Hall–Kier alpha value is -3.12. The van der Waals surface area contributed by atoms with Crippen molar-refractivity contribution in [3.63, 3.8) is 0 Å². The van der Waals surface area contributed by atoms with Gasteiger partial charge in [-0.3, -0.25) is 4.79 Å². The summed E-state index contributed by atoms with van der Waals surface area (Å²) in [5.74, 6) is 0.580. The smallest absolute Gasteiger partial charge is 0.336 e. The number of amides is 1. The van der Waals surface area contributed by atoms with E-state index in [0.29, 0.717) is 23.6 Å². The molecule has 0 radical (unpaired) electrons. The molecule has 3 aromatic rings. The number of ether oxygens (including phenoxy) is 1. The first-order chi connectivity index (χ1) is 13.4. The van der Waals surface area contributed by atoms with Crippen LogP contribution < -0.4 is 20.6 Å². The fourth-order valence-corrected chi connectivity index (χ4v) is 3.24. The van der Waals surface area contributed by atoms with E-state index in [-0.39, 0.29) is 18.1 Å². The van der Waals surface area contributed by atoms with Crippen molar-refractivity contribution in [3.05, 3.63) is 69.6 Å². The molecule has 2 aromatic carbocycles. The van der Waals surface area contributed by atoms with E-state index in [4.69, 9.17) is 9.15 Å². The average molecular weight is 381 g/mol. The van der Waals surface area contributed by atoms with Gasteiger partial charge in [-0.15, -0.1) is 0 Å². The van der Waals surface area contributed by atoms with Crippen molar-refractivity contribution >= 4 is 22.6 Å². The Kier molecular flexibility index (Phi) is 5.80. The number of carbonyl (C=O) groups excluding carboxylic acids is 1. The van der Waals surface area contributed by atoms with Crippen molar-refractivity contribution in [2.24, 2.45) is 0 Å². The molecule has 0 bridgehead atoms. The SMILES string of the molecule is COc1cccc(NC(=O)C[NH+](C)Cc2cc(=O)oc3c(C)c(C)ccc23)c1. The maximum absolute atomic E-state index is 12.4. The predicted molar refractivity (Wildman–Crippen MR) is 109 cm³/mol. The molecule has 1 heterocycles. The van der Waals surface area contributed by atoms with E-state index in [9.17, 15) is 9.59 Å². The molecule has 146 valence electrons. The first-order valence-corrected chi connectivity index (χ1v) is 9.15. The molecule has 1 unspecified atom stereocenters. The lowest BCUT2D eigenvalue weighted by Crippen LogP contribution is -3.08. The second kappa shape index (κ2) is 8.27. The van der Waals surface area contributed by atoms with Gasteiger partial charge in [0.1, 0.15) is 17.9 Å². The first-order valence-electron chi connectivity index (χ1n) is 9.15. The maximum Gasteiger partial charge on any atom is 0.336 e. The lowest BCUT2D eigenvalue weighted by atomic mass is 10.0. The largest absolute Gasteiger partial charge is 0.497 e. The topological polar surface area (TPSA) is 73.0 Å². The number of rotatable bonds is 6. The highest BCUT2D eigenvalue weighted by Crippen LogP contribution is 2.22. The van der Waals surface area contributed by atoms with Gasteiger partial charge in [0.2, 0.25) is 0 Å². The Morgan fingerprint density at radius 1 is 1.18 bits per heavy atom. The van der Waals surface area contributed by atoms with Gasteiger partial charge < -0.3 is 19.4 Å². The van der Waals surface area contributed by atoms with E-state index in [1.54, 1.807) is 13.2 Å². The Morgan fingerprint density at radius 2 is 1.96 bits per heavy atom. The van der Waals surface area contributed by atoms with Crippen molar-refractivity contribution < 1.29 is 18.8 Å². The highest BCUT2D eigenvalue weighted by Gasteiger charge is 2.15. The summed E-state index contributed by atoms with van der Waals surface area (Å²) in [7, 11) is 3.51. The van der Waals surface area contributed by atoms with E-state index in [1.807, 2.05) is 51.2 Å². The van der Waals surface area contributed by atoms with Crippen LogP contribution in [0.1, 0.15) is 16.7 Å². The summed E-state index contributed by atoms with van der Waals surface area (Å²) in [5.41, 5.74) is 3.85. The van der Waals surface area contributed by atoms with Crippen LogP contribution >= 0.6 is 0 Å². The number of anilines is 1. The van der Waals surface area contributed by atoms with E-state index >= 15 is 0 Å². The van der Waals surface area contributed by atoms with Crippen molar-refractivity contribution in [2.45, 2.75) is 20.4 Å². The third-order valence-electron chi connectivity index (χ3n) is 4.83. The molecule has 3 rings (SSSR count). The number of quaternary nitrogens is 1. The first kappa shape index (κ1) is 19.6. The lowest BCUT2D eigenvalue weighted by Gasteiger charge is -2.15. The maximum atomic E-state index is 12.4. The van der Waals surface area contributed by atoms with Gasteiger partial charge in [0.15, 0.2) is 6.54 Å². The third kappa shape index (κ3) is 4.40. The standard InChI is InChI=1S/C22H24N2O4/c1-14-8-9-19-16(10-21(26)28-22(19)15(14)2)12-24(3)13-20(25)23-17-6-5-7-18(11-17)27-4/h5-11H,12-13H2,1-4H3,(H,23,25)/p+1. The third-order valence-corrected chi connectivity index (χ3v) is 4.83. The summed E-state index contributed by atoms with van der Waals surface area (Å²) in [6.45, 7) is 4.74. The highest BCUT2D eigenvalue weighted by atomic mass is 16.5. The molecule has 0 aliphatic carbocycles. The molecule has 6 nitrogen and oxygen atoms in total. The number of nitrogens with one attached hydrogen (secondary N) is 2. The van der Waals surface area contributed by atoms with Gasteiger partial charge in [-0.05, 0) is 37.1 Å². The fraction of sp³-hybridized carbons (Fsp3) is 0.273. The van der Waals surface area contributed by atoms with Crippen LogP contribution in [0.5, 0.6) is 5.75 Å². The molecular weight excluding hydrogens is 356 g/mol. The summed E-state index contributed by atoms with van der Waals surface area (Å²) in [5, 5.41) is 3.79. The molecule has 1 atom stereocenters. The quantitative estimate of drug-likeness (QED) is 0.641. The highest BCUT2D eigenvalue weighted by molar-refractivity contribution is 5.91. The summed E-state index contributed by atoms with van der Waals surface area (Å²) in [6, 6.07) is 12.7. The normalized spacial score (nSPS) is 12.0. The van der Waals surface area contributed by atoms with Gasteiger partial charge in [-0.2, -0.15) is 0 Å². The molecule has 0 aliphatic heterocycles. The van der Waals surface area contributed by atoms with Crippen LogP contribution in [0.2, 0.25) is 0 Å². The minimum Gasteiger partial charge on any atom is -0.497 e. The van der Waals surface area contributed by atoms with Crippen LogP contribution in [0.15, 0.2) is 51.7 Å². The lowest BCUT2D eigenvalue weighted by molar-refractivity contribution is -0.885. The zero-order valence-electron chi connectivity index (χ0n) is 16.6. The van der Waals surface area contributed by atoms with Gasteiger partial charge in [0.05, 0.1) is 14.2 Å². The summed E-state index contributed by atoms with van der Waals surface area (Å²) < 4.78 is 10.6. The Balaban J connectivity index is 1.74. The van der Waals surface area contributed by atoms with E-state index in [2.05, 4.69) is 5.32 Å². The van der Waals surface area contributed by atoms with E-state index in [1.165, 1.54) is 6.07 Å². The average Bonchev–Trinajstić information content (AvgIpc) is 2.65. The van der Waals surface area contributed by atoms with Crippen molar-refractivity contribution in [2.75, 3.05) is 26.0 Å². The van der Waals surface area contributed by atoms with Crippen LogP contribution in [-0.2, 0) is 11.3 Å². The van der Waals surface area contributed by atoms with E-state index < -0.39 is 0 Å². The number of carbonyl (C=O) groups is 1. The molecule has 0 saturated heterocycles. The second-order valence-corrected chi connectivity index (χ2v) is 7.07. The molecule has 0 fully saturated rings. The van der Waals surface area contributed by atoms with Gasteiger partial charge >= 0.3 is 5.63 Å². The van der Waals surface area contributed by atoms with Crippen LogP contribution in [-0.4, -0.2) is 26.6 Å². The molecule has 1 amide bonds. The van der Waals surface area contributed by atoms with E-state index in [0.717, 1.165) is 27.0 Å². The number of likely N-dealkylation sites (N-methyl/N-ethyl adjacent to an activating group) is 1. The molecule has 2 N–H and O–H groups in total. The van der Waals surface area contributed by atoms with Gasteiger partial charge in [-0.25, -0.2) is 4.79 Å². The number of aryl methyl sites for hydroxylation is 2. The molecule has 0 aliphatic rings. The molecule has 0 spiro atoms. The zero-order valence-corrected chi connectivity index (χ0v) is 16.6. The number of benzene rings is 2. The molecular formula is C22H25N2O4+. The minimum absolute atomic E-state index is 0.106. The second-order valence-electron chi connectivity index (χ2n) is 7.07. The summed E-state index contributed by atoms with van der Waals surface area (Å²) in [6.07, 6.45) is 0.